The Labute approximate surface area is 121 Å². The number of hydrogen-bond acceptors (Lipinski definition) is 3. The molecule has 1 unspecified atom stereocenters. The maximum atomic E-state index is 12.1. The van der Waals surface area contributed by atoms with E-state index in [0.29, 0.717) is 16.7 Å². The van der Waals surface area contributed by atoms with Gasteiger partial charge in [0.2, 0.25) is 0 Å². The Balaban J connectivity index is 1.76. The van der Waals surface area contributed by atoms with Gasteiger partial charge in [-0.05, 0) is 42.7 Å². The van der Waals surface area contributed by atoms with E-state index in [0.717, 1.165) is 12.1 Å². The summed E-state index contributed by atoms with van der Waals surface area (Å²) in [6.45, 7) is 3.27. The van der Waals surface area contributed by atoms with Crippen LogP contribution >= 0.6 is 0 Å². The Bertz CT molecular complexity index is 590. The predicted octanol–water partition coefficient (Wildman–Crippen LogP) is 3.08. The average Bonchev–Trinajstić information content (AvgIpc) is 3.19. The third-order valence-corrected chi connectivity index (χ3v) is 6.58. The third kappa shape index (κ3) is 2.63. The molecule has 1 heterocycles. The van der Waals surface area contributed by atoms with Crippen LogP contribution in [0.25, 0.3) is 0 Å². The summed E-state index contributed by atoms with van der Waals surface area (Å²) in [7, 11) is -3.06. The lowest BCUT2D eigenvalue weighted by Crippen LogP contribution is -2.33. The fourth-order valence-corrected chi connectivity index (χ4v) is 4.99. The van der Waals surface area contributed by atoms with E-state index in [2.05, 4.69) is 12.2 Å². The summed E-state index contributed by atoms with van der Waals surface area (Å²) < 4.78 is 24.2. The molecule has 1 N–H and O–H groups in total. The number of hydrogen-bond donors (Lipinski definition) is 1. The van der Waals surface area contributed by atoms with Gasteiger partial charge in [-0.2, -0.15) is 0 Å². The van der Waals surface area contributed by atoms with Crippen LogP contribution in [0.1, 0.15) is 50.6 Å². The molecule has 2 aliphatic rings. The fraction of sp³-hybridized carbons (Fsp3) is 0.625. The normalized spacial score (nSPS) is 25.9. The molecular formula is C16H23NO2S. The van der Waals surface area contributed by atoms with Gasteiger partial charge < -0.3 is 5.32 Å². The highest BCUT2D eigenvalue weighted by Crippen LogP contribution is 2.49. The SMILES string of the molecule is CCCC1(CNC2CCS(=O)(=O)c3ccccc32)CC1. The molecule has 3 nitrogen and oxygen atoms in total. The minimum absolute atomic E-state index is 0.198. The van der Waals surface area contributed by atoms with Crippen LogP contribution in [0.3, 0.4) is 0 Å². The van der Waals surface area contributed by atoms with Crippen LogP contribution in [0.4, 0.5) is 0 Å². The smallest absolute Gasteiger partial charge is 0.178 e. The van der Waals surface area contributed by atoms with Crippen molar-refractivity contribution in [3.8, 4) is 0 Å². The standard InChI is InChI=1S/C16H23NO2S/c1-2-8-16(9-10-16)12-17-14-7-11-20(18,19)15-6-4-3-5-13(14)15/h3-6,14,17H,2,7-12H2,1H3. The van der Waals surface area contributed by atoms with Gasteiger partial charge in [0.15, 0.2) is 9.84 Å². The Morgan fingerprint density at radius 1 is 1.30 bits per heavy atom. The monoisotopic (exact) mass is 293 g/mol. The van der Waals surface area contributed by atoms with Gasteiger partial charge in [-0.15, -0.1) is 0 Å². The lowest BCUT2D eigenvalue weighted by molar-refractivity contribution is 0.379. The lowest BCUT2D eigenvalue weighted by atomic mass is 9.98. The molecule has 1 saturated carbocycles. The summed E-state index contributed by atoms with van der Waals surface area (Å²) in [6, 6.07) is 7.66. The molecule has 20 heavy (non-hydrogen) atoms. The molecule has 110 valence electrons. The van der Waals surface area contributed by atoms with E-state index in [4.69, 9.17) is 0 Å². The molecule has 0 saturated heterocycles. The summed E-state index contributed by atoms with van der Waals surface area (Å²) in [6.07, 6.45) is 5.85. The van der Waals surface area contributed by atoms with Crippen molar-refractivity contribution in [3.63, 3.8) is 0 Å². The molecule has 1 aromatic rings. The van der Waals surface area contributed by atoms with E-state index < -0.39 is 9.84 Å². The first-order valence-electron chi connectivity index (χ1n) is 7.61. The van der Waals surface area contributed by atoms with Crippen LogP contribution in [0.2, 0.25) is 0 Å². The van der Waals surface area contributed by atoms with E-state index >= 15 is 0 Å². The van der Waals surface area contributed by atoms with E-state index in [1.165, 1.54) is 25.7 Å². The molecule has 3 rings (SSSR count). The zero-order valence-electron chi connectivity index (χ0n) is 12.1. The van der Waals surface area contributed by atoms with Gasteiger partial charge in [0, 0.05) is 12.6 Å². The lowest BCUT2D eigenvalue weighted by Gasteiger charge is -2.28. The van der Waals surface area contributed by atoms with Crippen molar-refractivity contribution in [3.05, 3.63) is 29.8 Å². The first kappa shape index (κ1) is 14.1. The molecule has 1 aliphatic heterocycles. The second-order valence-corrected chi connectivity index (χ2v) is 8.41. The van der Waals surface area contributed by atoms with E-state index in [1.807, 2.05) is 18.2 Å². The van der Waals surface area contributed by atoms with Crippen LogP contribution in [0, 0.1) is 5.41 Å². The number of nitrogens with one attached hydrogen (secondary N) is 1. The first-order valence-corrected chi connectivity index (χ1v) is 9.27. The number of rotatable bonds is 5. The van der Waals surface area contributed by atoms with Crippen molar-refractivity contribution in [1.82, 2.24) is 5.32 Å². The largest absolute Gasteiger partial charge is 0.309 e. The summed E-state index contributed by atoms with van der Waals surface area (Å²) in [4.78, 5) is 0.532. The molecule has 1 fully saturated rings. The summed E-state index contributed by atoms with van der Waals surface area (Å²) in [5, 5.41) is 3.64. The molecule has 1 aromatic carbocycles. The zero-order valence-corrected chi connectivity index (χ0v) is 12.9. The first-order chi connectivity index (χ1) is 9.56. The second kappa shape index (κ2) is 5.15. The van der Waals surface area contributed by atoms with E-state index in [1.54, 1.807) is 6.07 Å². The van der Waals surface area contributed by atoms with Crippen LogP contribution in [0.5, 0.6) is 0 Å². The van der Waals surface area contributed by atoms with Gasteiger partial charge in [0.05, 0.1) is 10.6 Å². The van der Waals surface area contributed by atoms with Gasteiger partial charge in [-0.3, -0.25) is 0 Å². The Hall–Kier alpha value is -0.870. The summed E-state index contributed by atoms with van der Waals surface area (Å²) in [5.41, 5.74) is 1.46. The highest BCUT2D eigenvalue weighted by Gasteiger charge is 2.42. The van der Waals surface area contributed by atoms with Gasteiger partial charge >= 0.3 is 0 Å². The Morgan fingerprint density at radius 3 is 2.75 bits per heavy atom. The van der Waals surface area contributed by atoms with Gasteiger partial charge in [0.25, 0.3) is 0 Å². The summed E-state index contributed by atoms with van der Waals surface area (Å²) >= 11 is 0. The highest BCUT2D eigenvalue weighted by atomic mass is 32.2. The maximum absolute atomic E-state index is 12.1. The van der Waals surface area contributed by atoms with Crippen molar-refractivity contribution >= 4 is 9.84 Å². The predicted molar refractivity (Wildman–Crippen MR) is 80.4 cm³/mol. The van der Waals surface area contributed by atoms with Crippen molar-refractivity contribution in [1.29, 1.82) is 0 Å². The number of benzene rings is 1. The minimum Gasteiger partial charge on any atom is -0.309 e. The van der Waals surface area contributed by atoms with Gasteiger partial charge in [-0.1, -0.05) is 31.5 Å². The quantitative estimate of drug-likeness (QED) is 0.907. The Morgan fingerprint density at radius 2 is 2.05 bits per heavy atom. The third-order valence-electron chi connectivity index (χ3n) is 4.77. The van der Waals surface area contributed by atoms with Crippen LogP contribution in [-0.2, 0) is 9.84 Å². The molecule has 0 bridgehead atoms. The average molecular weight is 293 g/mol. The molecular weight excluding hydrogens is 270 g/mol. The molecule has 0 amide bonds. The Kier molecular flexibility index (Phi) is 3.63. The van der Waals surface area contributed by atoms with Crippen molar-refractivity contribution in [2.45, 2.75) is 50.0 Å². The topological polar surface area (TPSA) is 46.2 Å². The van der Waals surface area contributed by atoms with Crippen molar-refractivity contribution in [2.24, 2.45) is 5.41 Å². The molecule has 0 spiro atoms. The van der Waals surface area contributed by atoms with Crippen LogP contribution in [-0.4, -0.2) is 20.7 Å². The second-order valence-electron chi connectivity index (χ2n) is 6.33. The van der Waals surface area contributed by atoms with E-state index in [-0.39, 0.29) is 11.8 Å². The molecule has 4 heteroatoms. The fourth-order valence-electron chi connectivity index (χ4n) is 3.36. The van der Waals surface area contributed by atoms with Crippen molar-refractivity contribution in [2.75, 3.05) is 12.3 Å². The number of fused-ring (bicyclic) bond motifs is 1. The number of sulfone groups is 1. The zero-order chi connectivity index (χ0) is 14.2. The van der Waals surface area contributed by atoms with Crippen LogP contribution < -0.4 is 5.32 Å². The highest BCUT2D eigenvalue weighted by molar-refractivity contribution is 7.91. The van der Waals surface area contributed by atoms with Crippen LogP contribution in [0.15, 0.2) is 29.2 Å². The van der Waals surface area contributed by atoms with Gasteiger partial charge in [-0.25, -0.2) is 8.42 Å². The molecule has 0 aromatic heterocycles. The minimum atomic E-state index is -3.06. The van der Waals surface area contributed by atoms with Gasteiger partial charge in [0.1, 0.15) is 0 Å². The van der Waals surface area contributed by atoms with Crippen molar-refractivity contribution < 1.29 is 8.42 Å². The maximum Gasteiger partial charge on any atom is 0.178 e. The van der Waals surface area contributed by atoms with E-state index in [9.17, 15) is 8.42 Å². The molecule has 1 aliphatic carbocycles. The molecule has 1 atom stereocenters. The molecule has 0 radical (unpaired) electrons. The summed E-state index contributed by atoms with van der Waals surface area (Å²) in [5.74, 6) is 0.266.